The van der Waals surface area contributed by atoms with Crippen LogP contribution in [0.3, 0.4) is 0 Å². The molecule has 0 fully saturated rings. The fourth-order valence-electron chi connectivity index (χ4n) is 0.685. The van der Waals surface area contributed by atoms with Crippen LogP contribution in [0, 0.1) is 0 Å². The van der Waals surface area contributed by atoms with Gasteiger partial charge in [0.05, 0.1) is 5.56 Å². The zero-order chi connectivity index (χ0) is 7.40. The van der Waals surface area contributed by atoms with Crippen LogP contribution < -0.4 is 10.7 Å². The van der Waals surface area contributed by atoms with Crippen molar-refractivity contribution in [3.63, 3.8) is 0 Å². The van der Waals surface area contributed by atoms with Gasteiger partial charge in [0.25, 0.3) is 0 Å². The van der Waals surface area contributed by atoms with E-state index >= 15 is 0 Å². The smallest absolute Gasteiger partial charge is 0.157 e. The van der Waals surface area contributed by atoms with E-state index in [0.717, 1.165) is 0 Å². The SMILES string of the molecule is NOc1ccccc1C=O. The number of para-hydroxylation sites is 1. The van der Waals surface area contributed by atoms with Crippen LogP contribution >= 0.6 is 0 Å². The van der Waals surface area contributed by atoms with Crippen molar-refractivity contribution in [2.24, 2.45) is 5.90 Å². The van der Waals surface area contributed by atoms with Crippen molar-refractivity contribution in [3.05, 3.63) is 29.8 Å². The maximum Gasteiger partial charge on any atom is 0.157 e. The van der Waals surface area contributed by atoms with Crippen LogP contribution in [0.4, 0.5) is 0 Å². The molecule has 52 valence electrons. The Bertz CT molecular complexity index is 235. The Hall–Kier alpha value is -1.35. The number of aldehydes is 1. The number of hydrogen-bond acceptors (Lipinski definition) is 3. The predicted octanol–water partition coefficient (Wildman–Crippen LogP) is 0.752. The van der Waals surface area contributed by atoms with E-state index in [1.165, 1.54) is 0 Å². The summed E-state index contributed by atoms with van der Waals surface area (Å²) in [7, 11) is 0. The van der Waals surface area contributed by atoms with E-state index < -0.39 is 0 Å². The molecule has 0 amide bonds. The maximum absolute atomic E-state index is 10.3. The van der Waals surface area contributed by atoms with E-state index in [1.54, 1.807) is 24.3 Å². The number of carbonyl (C=O) groups excluding carboxylic acids is 1. The van der Waals surface area contributed by atoms with E-state index in [1.807, 2.05) is 0 Å². The Kier molecular flexibility index (Phi) is 2.02. The summed E-state index contributed by atoms with van der Waals surface area (Å²) in [6, 6.07) is 6.75. The summed E-state index contributed by atoms with van der Waals surface area (Å²) in [5.41, 5.74) is 0.463. The number of nitrogens with two attached hydrogens (primary N) is 1. The lowest BCUT2D eigenvalue weighted by Crippen LogP contribution is -2.03. The second-order valence-corrected chi connectivity index (χ2v) is 1.77. The number of benzene rings is 1. The topological polar surface area (TPSA) is 52.3 Å². The molecule has 0 saturated carbocycles. The normalized spacial score (nSPS) is 8.90. The van der Waals surface area contributed by atoms with Crippen molar-refractivity contribution in [1.29, 1.82) is 0 Å². The van der Waals surface area contributed by atoms with Crippen molar-refractivity contribution in [2.45, 2.75) is 0 Å². The van der Waals surface area contributed by atoms with E-state index in [0.29, 0.717) is 17.6 Å². The van der Waals surface area contributed by atoms with E-state index in [-0.39, 0.29) is 0 Å². The number of hydrogen-bond donors (Lipinski definition) is 1. The third kappa shape index (κ3) is 1.14. The van der Waals surface area contributed by atoms with Gasteiger partial charge in [0.1, 0.15) is 0 Å². The van der Waals surface area contributed by atoms with Crippen LogP contribution in [0.15, 0.2) is 24.3 Å². The average molecular weight is 137 g/mol. The van der Waals surface area contributed by atoms with Gasteiger partial charge in [-0.05, 0) is 12.1 Å². The molecule has 1 aromatic rings. The van der Waals surface area contributed by atoms with Gasteiger partial charge in [-0.3, -0.25) is 4.79 Å². The molecule has 3 heteroatoms. The molecule has 0 aliphatic rings. The number of carbonyl (C=O) groups is 1. The van der Waals surface area contributed by atoms with Crippen LogP contribution in [-0.2, 0) is 0 Å². The molecule has 0 aromatic heterocycles. The van der Waals surface area contributed by atoms with Crippen molar-refractivity contribution in [3.8, 4) is 5.75 Å². The second-order valence-electron chi connectivity index (χ2n) is 1.77. The summed E-state index contributed by atoms with van der Waals surface area (Å²) in [5, 5.41) is 0. The highest BCUT2D eigenvalue weighted by atomic mass is 16.6. The minimum Gasteiger partial charge on any atom is -0.411 e. The van der Waals surface area contributed by atoms with E-state index in [9.17, 15) is 4.79 Å². The molecule has 0 atom stereocenters. The summed E-state index contributed by atoms with van der Waals surface area (Å²) in [6.07, 6.45) is 0.697. The first-order valence-corrected chi connectivity index (χ1v) is 2.79. The molecule has 0 aliphatic carbocycles. The van der Waals surface area contributed by atoms with Gasteiger partial charge < -0.3 is 4.84 Å². The Morgan fingerprint density at radius 2 is 2.10 bits per heavy atom. The molecule has 10 heavy (non-hydrogen) atoms. The largest absolute Gasteiger partial charge is 0.411 e. The van der Waals surface area contributed by atoms with Crippen LogP contribution in [0.2, 0.25) is 0 Å². The highest BCUT2D eigenvalue weighted by molar-refractivity contribution is 5.78. The summed E-state index contributed by atoms with van der Waals surface area (Å²) in [5.74, 6) is 5.27. The Balaban J connectivity index is 3.08. The van der Waals surface area contributed by atoms with Crippen molar-refractivity contribution < 1.29 is 9.63 Å². The van der Waals surface area contributed by atoms with Crippen LogP contribution in [0.25, 0.3) is 0 Å². The molecular weight excluding hydrogens is 130 g/mol. The summed E-state index contributed by atoms with van der Waals surface area (Å²) in [6.45, 7) is 0. The molecule has 0 bridgehead atoms. The van der Waals surface area contributed by atoms with Crippen molar-refractivity contribution in [1.82, 2.24) is 0 Å². The molecule has 0 spiro atoms. The zero-order valence-corrected chi connectivity index (χ0v) is 5.28. The first-order valence-electron chi connectivity index (χ1n) is 2.79. The van der Waals surface area contributed by atoms with Gasteiger partial charge in [-0.1, -0.05) is 12.1 Å². The fourth-order valence-corrected chi connectivity index (χ4v) is 0.685. The van der Waals surface area contributed by atoms with Gasteiger partial charge in [-0.2, -0.15) is 5.90 Å². The molecule has 0 unspecified atom stereocenters. The van der Waals surface area contributed by atoms with Crippen LogP contribution in [0.5, 0.6) is 5.75 Å². The third-order valence-electron chi connectivity index (χ3n) is 1.17. The Labute approximate surface area is 58.4 Å². The molecule has 2 N–H and O–H groups in total. The number of rotatable bonds is 2. The zero-order valence-electron chi connectivity index (χ0n) is 5.28. The van der Waals surface area contributed by atoms with E-state index in [4.69, 9.17) is 5.90 Å². The van der Waals surface area contributed by atoms with Crippen LogP contribution in [0.1, 0.15) is 10.4 Å². The van der Waals surface area contributed by atoms with Gasteiger partial charge in [-0.25, -0.2) is 0 Å². The van der Waals surface area contributed by atoms with Gasteiger partial charge in [-0.15, -0.1) is 0 Å². The van der Waals surface area contributed by atoms with Crippen molar-refractivity contribution >= 4 is 6.29 Å². The predicted molar refractivity (Wildman–Crippen MR) is 36.6 cm³/mol. The lowest BCUT2D eigenvalue weighted by molar-refractivity contribution is 0.111. The Morgan fingerprint density at radius 1 is 1.40 bits per heavy atom. The quantitative estimate of drug-likeness (QED) is 0.483. The van der Waals surface area contributed by atoms with E-state index in [2.05, 4.69) is 4.84 Å². The molecule has 0 saturated heterocycles. The highest BCUT2D eigenvalue weighted by Gasteiger charge is 1.97. The standard InChI is InChI=1S/C7H7NO2/c8-10-7-4-2-1-3-6(7)5-9/h1-5H,8H2. The first kappa shape index (κ1) is 6.77. The second kappa shape index (κ2) is 2.98. The lowest BCUT2D eigenvalue weighted by atomic mass is 10.2. The summed E-state index contributed by atoms with van der Waals surface area (Å²) < 4.78 is 0. The van der Waals surface area contributed by atoms with Gasteiger partial charge in [0.15, 0.2) is 12.0 Å². The van der Waals surface area contributed by atoms with Gasteiger partial charge in [0.2, 0.25) is 0 Å². The monoisotopic (exact) mass is 137 g/mol. The van der Waals surface area contributed by atoms with Gasteiger partial charge in [0, 0.05) is 0 Å². The lowest BCUT2D eigenvalue weighted by Gasteiger charge is -1.98. The Morgan fingerprint density at radius 3 is 2.60 bits per heavy atom. The van der Waals surface area contributed by atoms with Crippen molar-refractivity contribution in [2.75, 3.05) is 0 Å². The minimum atomic E-state index is 0.400. The summed E-state index contributed by atoms with van der Waals surface area (Å²) >= 11 is 0. The molecule has 0 aliphatic heterocycles. The molecule has 1 rings (SSSR count). The molecule has 0 heterocycles. The average Bonchev–Trinajstić information content (AvgIpc) is 2.04. The molecular formula is C7H7NO2. The fraction of sp³-hybridized carbons (Fsp3) is 0. The van der Waals surface area contributed by atoms with Crippen LogP contribution in [-0.4, -0.2) is 6.29 Å². The third-order valence-corrected chi connectivity index (χ3v) is 1.17. The minimum absolute atomic E-state index is 0.400. The molecule has 0 radical (unpaired) electrons. The molecule has 3 nitrogen and oxygen atoms in total. The van der Waals surface area contributed by atoms with Gasteiger partial charge >= 0.3 is 0 Å². The molecule has 1 aromatic carbocycles. The highest BCUT2D eigenvalue weighted by Crippen LogP contribution is 2.12. The first-order chi connectivity index (χ1) is 4.88. The summed E-state index contributed by atoms with van der Waals surface area (Å²) in [4.78, 5) is 14.7. The maximum atomic E-state index is 10.3.